The first kappa shape index (κ1) is 14.6. The summed E-state index contributed by atoms with van der Waals surface area (Å²) in [6.45, 7) is 7.85. The molecule has 4 nitrogen and oxygen atoms in total. The lowest BCUT2D eigenvalue weighted by Crippen LogP contribution is -2.41. The van der Waals surface area contributed by atoms with E-state index in [-0.39, 0.29) is 0 Å². The van der Waals surface area contributed by atoms with Gasteiger partial charge < -0.3 is 9.31 Å². The van der Waals surface area contributed by atoms with Gasteiger partial charge in [0.25, 0.3) is 0 Å². The Morgan fingerprint density at radius 2 is 1.90 bits per heavy atom. The zero-order valence-electron chi connectivity index (χ0n) is 12.2. The van der Waals surface area contributed by atoms with Crippen LogP contribution in [0.25, 0.3) is 0 Å². The molecule has 0 atom stereocenters. The summed E-state index contributed by atoms with van der Waals surface area (Å²) in [6, 6.07) is 3.92. The molecule has 5 heteroatoms. The maximum absolute atomic E-state index is 9.38. The monoisotopic (exact) mass is 268 g/mol. The highest BCUT2D eigenvalue weighted by Gasteiger charge is 2.53. The maximum Gasteiger partial charge on any atom is 0.515 e. The van der Waals surface area contributed by atoms with E-state index in [4.69, 9.17) is 15.7 Å². The molecule has 1 aromatic rings. The molecule has 0 radical (unpaired) electrons. The summed E-state index contributed by atoms with van der Waals surface area (Å²) in [7, 11) is -0.646. The Morgan fingerprint density at radius 1 is 1.30 bits per heavy atom. The number of nitrogens with zero attached hydrogens (tertiary/aromatic N) is 2. The molecule has 2 heterocycles. The van der Waals surface area contributed by atoms with Crippen LogP contribution in [0.1, 0.15) is 38.8 Å². The fourth-order valence-corrected chi connectivity index (χ4v) is 2.04. The first-order chi connectivity index (χ1) is 9.32. The number of terminal acetylenes is 1. The van der Waals surface area contributed by atoms with Gasteiger partial charge in [0.2, 0.25) is 0 Å². The van der Waals surface area contributed by atoms with E-state index in [0.717, 1.165) is 5.56 Å². The molecule has 0 spiro atoms. The molecule has 0 aliphatic carbocycles. The minimum atomic E-state index is -0.646. The lowest BCUT2D eigenvalue weighted by molar-refractivity contribution is 0.00578. The van der Waals surface area contributed by atoms with E-state index in [1.165, 1.54) is 0 Å². The average Bonchev–Trinajstić information content (AvgIpc) is 2.58. The standard InChI is InChI=1S/C15H17BN2O2/c1-6-7-11-8-9-18-13(12(11)10-17)16-19-14(2,3)15(4,5)20-16/h1,8-9H,7H2,2-5H3. The van der Waals surface area contributed by atoms with E-state index in [1.807, 2.05) is 27.7 Å². The fourth-order valence-electron chi connectivity index (χ4n) is 2.04. The molecule has 0 saturated carbocycles. The molecule has 2 rings (SSSR count). The molecular formula is C15H17BN2O2. The van der Waals surface area contributed by atoms with E-state index in [1.54, 1.807) is 12.3 Å². The Labute approximate surface area is 120 Å². The van der Waals surface area contributed by atoms with Crippen LogP contribution < -0.4 is 5.59 Å². The fraction of sp³-hybridized carbons (Fsp3) is 0.467. The number of hydrogen-bond donors (Lipinski definition) is 0. The van der Waals surface area contributed by atoms with Crippen LogP contribution in [0.2, 0.25) is 0 Å². The van der Waals surface area contributed by atoms with E-state index >= 15 is 0 Å². The molecule has 1 aliphatic rings. The summed E-state index contributed by atoms with van der Waals surface area (Å²) in [6.07, 6.45) is 7.35. The number of nitriles is 1. The van der Waals surface area contributed by atoms with Crippen LogP contribution in [-0.2, 0) is 15.7 Å². The van der Waals surface area contributed by atoms with Gasteiger partial charge in [-0.2, -0.15) is 5.26 Å². The Morgan fingerprint density at radius 3 is 2.40 bits per heavy atom. The third-order valence-electron chi connectivity index (χ3n) is 3.95. The van der Waals surface area contributed by atoms with Crippen molar-refractivity contribution in [2.24, 2.45) is 0 Å². The van der Waals surface area contributed by atoms with Crippen molar-refractivity contribution in [2.75, 3.05) is 0 Å². The molecule has 1 fully saturated rings. The zero-order chi connectivity index (χ0) is 15.0. The lowest BCUT2D eigenvalue weighted by atomic mass is 9.79. The van der Waals surface area contributed by atoms with Crippen molar-refractivity contribution in [3.8, 4) is 18.4 Å². The number of hydrogen-bond acceptors (Lipinski definition) is 4. The summed E-state index contributed by atoms with van der Waals surface area (Å²) < 4.78 is 11.9. The molecule has 1 aromatic heterocycles. The topological polar surface area (TPSA) is 55.1 Å². The summed E-state index contributed by atoms with van der Waals surface area (Å²) in [4.78, 5) is 4.26. The molecule has 0 unspecified atom stereocenters. The van der Waals surface area contributed by atoms with Gasteiger partial charge in [0.05, 0.1) is 22.4 Å². The first-order valence-electron chi connectivity index (χ1n) is 6.49. The zero-order valence-corrected chi connectivity index (χ0v) is 12.2. The van der Waals surface area contributed by atoms with Crippen LogP contribution in [0.4, 0.5) is 0 Å². The predicted molar refractivity (Wildman–Crippen MR) is 77.2 cm³/mol. The van der Waals surface area contributed by atoms with Gasteiger partial charge in [0.1, 0.15) is 6.07 Å². The van der Waals surface area contributed by atoms with Crippen molar-refractivity contribution < 1.29 is 9.31 Å². The van der Waals surface area contributed by atoms with Gasteiger partial charge in [-0.05, 0) is 39.3 Å². The third-order valence-corrected chi connectivity index (χ3v) is 3.95. The Kier molecular flexibility index (Phi) is 3.60. The van der Waals surface area contributed by atoms with Gasteiger partial charge in [0, 0.05) is 12.6 Å². The van der Waals surface area contributed by atoms with E-state index < -0.39 is 18.3 Å². The summed E-state index contributed by atoms with van der Waals surface area (Å²) >= 11 is 0. The quantitative estimate of drug-likeness (QED) is 0.601. The van der Waals surface area contributed by atoms with Crippen molar-refractivity contribution in [1.29, 1.82) is 5.26 Å². The molecular weight excluding hydrogens is 251 g/mol. The Balaban J connectivity index is 2.44. The molecule has 1 aliphatic heterocycles. The van der Waals surface area contributed by atoms with Crippen molar-refractivity contribution in [1.82, 2.24) is 4.98 Å². The van der Waals surface area contributed by atoms with E-state index in [2.05, 4.69) is 17.0 Å². The summed E-state index contributed by atoms with van der Waals surface area (Å²) in [5, 5.41) is 9.38. The van der Waals surface area contributed by atoms with Crippen LogP contribution in [0, 0.1) is 23.7 Å². The van der Waals surface area contributed by atoms with Crippen molar-refractivity contribution in [3.05, 3.63) is 23.4 Å². The molecule has 0 aromatic carbocycles. The SMILES string of the molecule is C#CCc1ccnc(B2OC(C)(C)C(C)(C)O2)c1C#N. The van der Waals surface area contributed by atoms with Gasteiger partial charge >= 0.3 is 7.12 Å². The third kappa shape index (κ3) is 2.31. The average molecular weight is 268 g/mol. The first-order valence-corrected chi connectivity index (χ1v) is 6.49. The maximum atomic E-state index is 9.38. The highest BCUT2D eigenvalue weighted by molar-refractivity contribution is 6.61. The van der Waals surface area contributed by atoms with Gasteiger partial charge in [-0.15, -0.1) is 12.3 Å². The number of pyridine rings is 1. The van der Waals surface area contributed by atoms with Crippen LogP contribution in [0.3, 0.4) is 0 Å². The van der Waals surface area contributed by atoms with Crippen LogP contribution in [-0.4, -0.2) is 23.3 Å². The predicted octanol–water partition coefficient (Wildman–Crippen LogP) is 1.43. The Hall–Kier alpha value is -1.82. The van der Waals surface area contributed by atoms with E-state index in [9.17, 15) is 5.26 Å². The minimum Gasteiger partial charge on any atom is -0.398 e. The second-order valence-electron chi connectivity index (χ2n) is 5.81. The minimum absolute atomic E-state index is 0.387. The van der Waals surface area contributed by atoms with Crippen molar-refractivity contribution in [3.63, 3.8) is 0 Å². The van der Waals surface area contributed by atoms with Gasteiger partial charge in [-0.25, -0.2) is 0 Å². The van der Waals surface area contributed by atoms with Crippen molar-refractivity contribution in [2.45, 2.75) is 45.3 Å². The van der Waals surface area contributed by atoms with Crippen LogP contribution in [0.15, 0.2) is 12.3 Å². The second kappa shape index (κ2) is 4.94. The number of rotatable bonds is 2. The molecule has 1 saturated heterocycles. The molecule has 20 heavy (non-hydrogen) atoms. The van der Waals surface area contributed by atoms with Crippen LogP contribution in [0.5, 0.6) is 0 Å². The van der Waals surface area contributed by atoms with E-state index in [0.29, 0.717) is 17.6 Å². The Bertz CT molecular complexity index is 595. The highest BCUT2D eigenvalue weighted by Crippen LogP contribution is 2.36. The van der Waals surface area contributed by atoms with Gasteiger partial charge in [-0.1, -0.05) is 0 Å². The molecule has 0 N–H and O–H groups in total. The lowest BCUT2D eigenvalue weighted by Gasteiger charge is -2.32. The summed E-state index contributed by atoms with van der Waals surface area (Å²) in [5.74, 6) is 2.55. The van der Waals surface area contributed by atoms with Crippen molar-refractivity contribution >= 4 is 12.7 Å². The highest BCUT2D eigenvalue weighted by atomic mass is 16.7. The summed E-state index contributed by atoms with van der Waals surface area (Å²) in [5.41, 5.74) is 0.792. The van der Waals surface area contributed by atoms with Gasteiger partial charge in [-0.3, -0.25) is 4.98 Å². The normalized spacial score (nSPS) is 19.4. The molecule has 0 amide bonds. The van der Waals surface area contributed by atoms with Gasteiger partial charge in [0.15, 0.2) is 0 Å². The van der Waals surface area contributed by atoms with Crippen LogP contribution >= 0.6 is 0 Å². The number of aromatic nitrogens is 1. The smallest absolute Gasteiger partial charge is 0.398 e. The molecule has 102 valence electrons. The largest absolute Gasteiger partial charge is 0.515 e. The molecule has 0 bridgehead atoms. The second-order valence-corrected chi connectivity index (χ2v) is 5.81.